The van der Waals surface area contributed by atoms with Crippen molar-refractivity contribution < 1.29 is 19.8 Å². The molecule has 1 aliphatic heterocycles. The second-order valence-electron chi connectivity index (χ2n) is 5.19. The van der Waals surface area contributed by atoms with Gasteiger partial charge in [0.05, 0.1) is 24.1 Å². The molecule has 16 heavy (non-hydrogen) atoms. The topological polar surface area (TPSA) is 77.8 Å². The predicted octanol–water partition coefficient (Wildman–Crippen LogP) is 0.471. The van der Waals surface area contributed by atoms with Gasteiger partial charge in [-0.3, -0.25) is 9.59 Å². The Kier molecular flexibility index (Phi) is 3.28. The Balaban J connectivity index is 2.48. The lowest BCUT2D eigenvalue weighted by Gasteiger charge is -2.46. The number of carboxylic acid groups (broad SMARTS) is 1. The van der Waals surface area contributed by atoms with Crippen LogP contribution < -0.4 is 0 Å². The van der Waals surface area contributed by atoms with Gasteiger partial charge in [-0.15, -0.1) is 0 Å². The molecule has 0 aromatic heterocycles. The number of rotatable bonds is 4. The fraction of sp³-hybridized carbons (Fsp3) is 0.818. The first-order valence-corrected chi connectivity index (χ1v) is 5.44. The van der Waals surface area contributed by atoms with Crippen LogP contribution in [-0.2, 0) is 9.59 Å². The summed E-state index contributed by atoms with van der Waals surface area (Å²) in [6, 6.07) is 0. The van der Waals surface area contributed by atoms with Gasteiger partial charge in [-0.2, -0.15) is 0 Å². The first-order valence-electron chi connectivity index (χ1n) is 5.44. The SMILES string of the molecule is CCC1(O)CN(C(=O)CC(C)(C)C(=O)O)C1. The highest BCUT2D eigenvalue weighted by Crippen LogP contribution is 2.28. The number of carbonyl (C=O) groups excluding carboxylic acids is 1. The fourth-order valence-corrected chi connectivity index (χ4v) is 1.63. The summed E-state index contributed by atoms with van der Waals surface area (Å²) < 4.78 is 0. The van der Waals surface area contributed by atoms with Crippen molar-refractivity contribution in [3.63, 3.8) is 0 Å². The second kappa shape index (κ2) is 4.05. The number of β-amino-alcohol motifs (C(OH)–C–C–N with tert-alkyl or cyclic N) is 1. The van der Waals surface area contributed by atoms with Crippen molar-refractivity contribution in [1.82, 2.24) is 4.90 Å². The minimum Gasteiger partial charge on any atom is -0.481 e. The van der Waals surface area contributed by atoms with Crippen molar-refractivity contribution >= 4 is 11.9 Å². The third-order valence-corrected chi connectivity index (χ3v) is 3.15. The zero-order chi connectivity index (χ0) is 12.6. The third-order valence-electron chi connectivity index (χ3n) is 3.15. The monoisotopic (exact) mass is 229 g/mol. The Bertz CT molecular complexity index is 305. The lowest BCUT2D eigenvalue weighted by molar-refractivity contribution is -0.162. The van der Waals surface area contributed by atoms with Gasteiger partial charge < -0.3 is 15.1 Å². The zero-order valence-electron chi connectivity index (χ0n) is 9.99. The van der Waals surface area contributed by atoms with Crippen LogP contribution >= 0.6 is 0 Å². The fourth-order valence-electron chi connectivity index (χ4n) is 1.63. The molecule has 0 saturated carbocycles. The summed E-state index contributed by atoms with van der Waals surface area (Å²) in [5.41, 5.74) is -1.81. The van der Waals surface area contributed by atoms with Crippen LogP contribution in [-0.4, -0.2) is 45.7 Å². The van der Waals surface area contributed by atoms with Gasteiger partial charge in [-0.1, -0.05) is 6.92 Å². The van der Waals surface area contributed by atoms with Crippen LogP contribution in [0.1, 0.15) is 33.6 Å². The number of carboxylic acids is 1. The standard InChI is InChI=1S/C11H19NO4/c1-4-11(16)6-12(7-11)8(13)5-10(2,3)9(14)15/h16H,4-7H2,1-3H3,(H,14,15). The van der Waals surface area contributed by atoms with Gasteiger partial charge >= 0.3 is 5.97 Å². The minimum atomic E-state index is -1.04. The van der Waals surface area contributed by atoms with E-state index in [4.69, 9.17) is 5.11 Å². The smallest absolute Gasteiger partial charge is 0.309 e. The van der Waals surface area contributed by atoms with Gasteiger partial charge in [0.1, 0.15) is 0 Å². The maximum Gasteiger partial charge on any atom is 0.309 e. The van der Waals surface area contributed by atoms with E-state index in [1.165, 1.54) is 18.7 Å². The van der Waals surface area contributed by atoms with Crippen LogP contribution in [0.4, 0.5) is 0 Å². The summed E-state index contributed by atoms with van der Waals surface area (Å²) in [4.78, 5) is 24.1. The van der Waals surface area contributed by atoms with Crippen molar-refractivity contribution in [2.45, 2.75) is 39.2 Å². The Morgan fingerprint density at radius 3 is 2.25 bits per heavy atom. The molecular formula is C11H19NO4. The summed E-state index contributed by atoms with van der Waals surface area (Å²) in [5, 5.41) is 18.6. The first kappa shape index (κ1) is 13.0. The Morgan fingerprint density at radius 1 is 1.38 bits per heavy atom. The normalized spacial score (nSPS) is 19.1. The Labute approximate surface area is 95.1 Å². The van der Waals surface area contributed by atoms with E-state index in [-0.39, 0.29) is 12.3 Å². The molecule has 1 fully saturated rings. The largest absolute Gasteiger partial charge is 0.481 e. The zero-order valence-corrected chi connectivity index (χ0v) is 9.99. The molecule has 1 saturated heterocycles. The van der Waals surface area contributed by atoms with Gasteiger partial charge in [-0.05, 0) is 20.3 Å². The molecule has 1 heterocycles. The third kappa shape index (κ3) is 2.52. The van der Waals surface area contributed by atoms with E-state index in [9.17, 15) is 14.7 Å². The molecule has 0 aromatic rings. The Hall–Kier alpha value is -1.10. The van der Waals surface area contributed by atoms with Crippen LogP contribution in [0.25, 0.3) is 0 Å². The van der Waals surface area contributed by atoms with Gasteiger partial charge in [0.15, 0.2) is 0 Å². The van der Waals surface area contributed by atoms with E-state index < -0.39 is 17.0 Å². The molecule has 0 aliphatic carbocycles. The molecular weight excluding hydrogens is 210 g/mol. The van der Waals surface area contributed by atoms with Crippen LogP contribution in [0.2, 0.25) is 0 Å². The van der Waals surface area contributed by atoms with Crippen molar-refractivity contribution in [3.05, 3.63) is 0 Å². The quantitative estimate of drug-likeness (QED) is 0.734. The van der Waals surface area contributed by atoms with Crippen LogP contribution in [0.15, 0.2) is 0 Å². The lowest BCUT2D eigenvalue weighted by atomic mass is 9.86. The molecule has 0 unspecified atom stereocenters. The van der Waals surface area contributed by atoms with E-state index in [0.717, 1.165) is 0 Å². The summed E-state index contributed by atoms with van der Waals surface area (Å²) in [6.45, 7) is 5.55. The molecule has 0 spiro atoms. The molecule has 2 N–H and O–H groups in total. The summed E-state index contributed by atoms with van der Waals surface area (Å²) in [5.74, 6) is -1.18. The van der Waals surface area contributed by atoms with Crippen molar-refractivity contribution in [2.24, 2.45) is 5.41 Å². The van der Waals surface area contributed by atoms with Crippen LogP contribution in [0.3, 0.4) is 0 Å². The van der Waals surface area contributed by atoms with Gasteiger partial charge in [0.2, 0.25) is 5.91 Å². The highest BCUT2D eigenvalue weighted by molar-refractivity contribution is 5.85. The van der Waals surface area contributed by atoms with Gasteiger partial charge in [0.25, 0.3) is 0 Å². The maximum absolute atomic E-state index is 11.7. The molecule has 1 amide bonds. The number of likely N-dealkylation sites (tertiary alicyclic amines) is 1. The molecule has 0 radical (unpaired) electrons. The molecule has 0 atom stereocenters. The van der Waals surface area contributed by atoms with E-state index in [1.54, 1.807) is 0 Å². The molecule has 92 valence electrons. The van der Waals surface area contributed by atoms with E-state index >= 15 is 0 Å². The molecule has 1 aliphatic rings. The number of aliphatic hydroxyl groups is 1. The molecule has 0 aromatic carbocycles. The maximum atomic E-state index is 11.7. The highest BCUT2D eigenvalue weighted by Gasteiger charge is 2.43. The molecule has 1 rings (SSSR count). The molecule has 0 bridgehead atoms. The minimum absolute atomic E-state index is 0.0257. The number of nitrogens with zero attached hydrogens (tertiary/aromatic N) is 1. The van der Waals surface area contributed by atoms with Crippen molar-refractivity contribution in [3.8, 4) is 0 Å². The van der Waals surface area contributed by atoms with Gasteiger partial charge in [0, 0.05) is 6.42 Å². The summed E-state index contributed by atoms with van der Waals surface area (Å²) in [7, 11) is 0. The highest BCUT2D eigenvalue weighted by atomic mass is 16.4. The summed E-state index contributed by atoms with van der Waals surface area (Å²) >= 11 is 0. The van der Waals surface area contributed by atoms with Crippen LogP contribution in [0.5, 0.6) is 0 Å². The second-order valence-corrected chi connectivity index (χ2v) is 5.19. The number of hydrogen-bond acceptors (Lipinski definition) is 3. The van der Waals surface area contributed by atoms with E-state index in [2.05, 4.69) is 0 Å². The van der Waals surface area contributed by atoms with E-state index in [1.807, 2.05) is 6.92 Å². The Morgan fingerprint density at radius 2 is 1.88 bits per heavy atom. The average Bonchev–Trinajstić information content (AvgIpc) is 2.11. The lowest BCUT2D eigenvalue weighted by Crippen LogP contribution is -2.63. The van der Waals surface area contributed by atoms with Gasteiger partial charge in [-0.25, -0.2) is 0 Å². The molecule has 5 heteroatoms. The number of amides is 1. The predicted molar refractivity (Wildman–Crippen MR) is 57.9 cm³/mol. The average molecular weight is 229 g/mol. The summed E-state index contributed by atoms with van der Waals surface area (Å²) in [6.07, 6.45) is 0.585. The van der Waals surface area contributed by atoms with Crippen molar-refractivity contribution in [1.29, 1.82) is 0 Å². The van der Waals surface area contributed by atoms with Crippen molar-refractivity contribution in [2.75, 3.05) is 13.1 Å². The first-order chi connectivity index (χ1) is 7.20. The van der Waals surface area contributed by atoms with E-state index in [0.29, 0.717) is 19.5 Å². The molecule has 5 nitrogen and oxygen atoms in total. The number of carbonyl (C=O) groups is 2. The number of hydrogen-bond donors (Lipinski definition) is 2. The van der Waals surface area contributed by atoms with Crippen LogP contribution in [0, 0.1) is 5.41 Å². The number of aliphatic carboxylic acids is 1.